The molecule has 0 saturated heterocycles. The van der Waals surface area contributed by atoms with Gasteiger partial charge in [0, 0.05) is 29.8 Å². The highest BCUT2D eigenvalue weighted by Crippen LogP contribution is 2.30. The zero-order chi connectivity index (χ0) is 21.3. The summed E-state index contributed by atoms with van der Waals surface area (Å²) in [6.07, 6.45) is 2.04. The number of hydrogen-bond donors (Lipinski definition) is 1. The summed E-state index contributed by atoms with van der Waals surface area (Å²) in [5.41, 5.74) is 10.9. The molecule has 2 N–H and O–H groups in total. The van der Waals surface area contributed by atoms with E-state index in [0.717, 1.165) is 32.6 Å². The predicted molar refractivity (Wildman–Crippen MR) is 120 cm³/mol. The number of nitrogens with two attached hydrogens (primary N) is 1. The number of nitrogens with zero attached hydrogens (tertiary/aromatic N) is 2. The van der Waals surface area contributed by atoms with Gasteiger partial charge in [-0.3, -0.25) is 4.79 Å². The van der Waals surface area contributed by atoms with Gasteiger partial charge in [-0.05, 0) is 47.9 Å². The fourth-order valence-electron chi connectivity index (χ4n) is 3.35. The molecule has 0 aliphatic carbocycles. The minimum atomic E-state index is 0.0125. The van der Waals surface area contributed by atoms with E-state index < -0.39 is 0 Å². The number of aromatic nitrogens is 2. The smallest absolute Gasteiger partial charge is 0.182 e. The predicted octanol–water partition coefficient (Wildman–Crippen LogP) is 4.69. The number of nitrogen functional groups attached to an aromatic ring is 1. The molecule has 0 spiro atoms. The van der Waals surface area contributed by atoms with Crippen molar-refractivity contribution in [1.29, 1.82) is 0 Å². The Morgan fingerprint density at radius 3 is 2.50 bits per heavy atom. The number of hydrogen-bond acceptors (Lipinski definition) is 7. The van der Waals surface area contributed by atoms with Crippen LogP contribution in [0.1, 0.15) is 21.5 Å². The first-order valence-electron chi connectivity index (χ1n) is 9.35. The molecule has 0 saturated carbocycles. The maximum absolute atomic E-state index is 13.0. The maximum atomic E-state index is 13.0. The van der Waals surface area contributed by atoms with Crippen LogP contribution in [-0.2, 0) is 6.42 Å². The topological polar surface area (TPSA) is 87.3 Å². The van der Waals surface area contributed by atoms with Crippen molar-refractivity contribution < 1.29 is 14.3 Å². The monoisotopic (exact) mass is 419 g/mol. The van der Waals surface area contributed by atoms with Gasteiger partial charge in [0.2, 0.25) is 0 Å². The number of ether oxygens (including phenoxy) is 2. The van der Waals surface area contributed by atoms with E-state index in [9.17, 15) is 4.79 Å². The largest absolute Gasteiger partial charge is 0.497 e. The van der Waals surface area contributed by atoms with Crippen LogP contribution in [0.2, 0.25) is 0 Å². The molecule has 7 heteroatoms. The van der Waals surface area contributed by atoms with E-state index >= 15 is 0 Å². The van der Waals surface area contributed by atoms with Crippen molar-refractivity contribution >= 4 is 32.6 Å². The lowest BCUT2D eigenvalue weighted by atomic mass is 9.95. The first kappa shape index (κ1) is 19.8. The molecular weight excluding hydrogens is 398 g/mol. The first-order valence-corrected chi connectivity index (χ1v) is 10.2. The van der Waals surface area contributed by atoms with E-state index in [-0.39, 0.29) is 12.2 Å². The van der Waals surface area contributed by atoms with Gasteiger partial charge in [0.05, 0.1) is 14.2 Å². The fourth-order valence-corrected chi connectivity index (χ4v) is 4.01. The molecule has 30 heavy (non-hydrogen) atoms. The van der Waals surface area contributed by atoms with Crippen LogP contribution in [0.4, 0.5) is 5.13 Å². The highest BCUT2D eigenvalue weighted by Gasteiger charge is 2.13. The SMILES string of the molecule is COc1cc(CC(=O)c2ccc(C)c(-c3cnc4sc(N)nc4c3)c2)cc(OC)c1. The molecule has 2 aromatic carbocycles. The lowest BCUT2D eigenvalue weighted by molar-refractivity contribution is 0.0993. The van der Waals surface area contributed by atoms with Crippen molar-refractivity contribution in [3.05, 3.63) is 65.4 Å². The maximum Gasteiger partial charge on any atom is 0.182 e. The van der Waals surface area contributed by atoms with E-state index in [1.165, 1.54) is 11.3 Å². The second-order valence-electron chi connectivity index (χ2n) is 6.95. The Labute approximate surface area is 178 Å². The standard InChI is InChI=1S/C23H21N3O3S/c1-13-4-5-15(21(27)8-14-6-17(28-2)11-18(7-14)29-3)9-19(13)16-10-20-22(25-12-16)30-23(24)26-20/h4-7,9-12H,8H2,1-3H3,(H2,24,26). The Balaban J connectivity index is 1.66. The summed E-state index contributed by atoms with van der Waals surface area (Å²) < 4.78 is 10.6. The number of anilines is 1. The Hall–Kier alpha value is -3.45. The van der Waals surface area contributed by atoms with Crippen molar-refractivity contribution in [2.75, 3.05) is 20.0 Å². The average Bonchev–Trinajstić information content (AvgIpc) is 3.12. The molecule has 2 heterocycles. The summed E-state index contributed by atoms with van der Waals surface area (Å²) in [5, 5.41) is 0.490. The molecule has 0 atom stereocenters. The number of pyridine rings is 1. The third-order valence-corrected chi connectivity index (χ3v) is 5.72. The number of ketones is 1. The number of Topliss-reactive ketones (excluding diaryl/α,β-unsaturated/α-hetero) is 1. The highest BCUT2D eigenvalue weighted by molar-refractivity contribution is 7.21. The van der Waals surface area contributed by atoms with Gasteiger partial charge in [0.15, 0.2) is 10.9 Å². The van der Waals surface area contributed by atoms with E-state index in [2.05, 4.69) is 9.97 Å². The van der Waals surface area contributed by atoms with Gasteiger partial charge in [-0.25, -0.2) is 9.97 Å². The second-order valence-corrected chi connectivity index (χ2v) is 7.96. The van der Waals surface area contributed by atoms with Gasteiger partial charge in [-0.15, -0.1) is 0 Å². The van der Waals surface area contributed by atoms with E-state index in [1.54, 1.807) is 26.5 Å². The Bertz CT molecular complexity index is 1230. The lowest BCUT2D eigenvalue weighted by Gasteiger charge is -2.10. The quantitative estimate of drug-likeness (QED) is 0.456. The van der Waals surface area contributed by atoms with Gasteiger partial charge in [0.1, 0.15) is 21.8 Å². The number of carbonyl (C=O) groups is 1. The third kappa shape index (κ3) is 3.97. The van der Waals surface area contributed by atoms with E-state index in [4.69, 9.17) is 15.2 Å². The third-order valence-electron chi connectivity index (χ3n) is 4.91. The van der Waals surface area contributed by atoms with Gasteiger partial charge in [-0.2, -0.15) is 0 Å². The number of methoxy groups -OCH3 is 2. The molecule has 0 fully saturated rings. The van der Waals surface area contributed by atoms with Crippen molar-refractivity contribution in [3.8, 4) is 22.6 Å². The summed E-state index contributed by atoms with van der Waals surface area (Å²) in [7, 11) is 3.18. The number of carbonyl (C=O) groups excluding carboxylic acids is 1. The van der Waals surface area contributed by atoms with E-state index in [1.807, 2.05) is 43.3 Å². The fraction of sp³-hybridized carbons (Fsp3) is 0.174. The van der Waals surface area contributed by atoms with Crippen LogP contribution in [0.5, 0.6) is 11.5 Å². The number of thiazole rings is 1. The van der Waals surface area contributed by atoms with Crippen LogP contribution in [0.3, 0.4) is 0 Å². The molecule has 0 unspecified atom stereocenters. The zero-order valence-electron chi connectivity index (χ0n) is 16.9. The van der Waals surface area contributed by atoms with Gasteiger partial charge in [0.25, 0.3) is 0 Å². The Kier molecular flexibility index (Phi) is 5.37. The van der Waals surface area contributed by atoms with Gasteiger partial charge >= 0.3 is 0 Å². The van der Waals surface area contributed by atoms with Crippen LogP contribution in [0.25, 0.3) is 21.5 Å². The molecular formula is C23H21N3O3S. The van der Waals surface area contributed by atoms with Crippen LogP contribution < -0.4 is 15.2 Å². The number of benzene rings is 2. The summed E-state index contributed by atoms with van der Waals surface area (Å²) in [4.78, 5) is 22.6. The molecule has 2 aromatic heterocycles. The highest BCUT2D eigenvalue weighted by atomic mass is 32.1. The molecule has 0 bridgehead atoms. The second kappa shape index (κ2) is 8.12. The van der Waals surface area contributed by atoms with Crippen LogP contribution >= 0.6 is 11.3 Å². The van der Waals surface area contributed by atoms with Crippen LogP contribution in [-0.4, -0.2) is 30.0 Å². The minimum Gasteiger partial charge on any atom is -0.497 e. The van der Waals surface area contributed by atoms with E-state index in [0.29, 0.717) is 22.2 Å². The molecule has 4 rings (SSSR count). The number of aryl methyl sites for hydroxylation is 1. The summed E-state index contributed by atoms with van der Waals surface area (Å²) in [6.45, 7) is 2.01. The average molecular weight is 420 g/mol. The van der Waals surface area contributed by atoms with Crippen LogP contribution in [0.15, 0.2) is 48.7 Å². The molecule has 0 aliphatic rings. The molecule has 152 valence electrons. The minimum absolute atomic E-state index is 0.0125. The first-order chi connectivity index (χ1) is 14.5. The summed E-state index contributed by atoms with van der Waals surface area (Å²) in [6, 6.07) is 13.2. The molecule has 0 amide bonds. The lowest BCUT2D eigenvalue weighted by Crippen LogP contribution is -2.05. The number of fused-ring (bicyclic) bond motifs is 1. The van der Waals surface area contributed by atoms with Gasteiger partial charge in [-0.1, -0.05) is 23.5 Å². The molecule has 6 nitrogen and oxygen atoms in total. The summed E-state index contributed by atoms with van der Waals surface area (Å²) in [5.74, 6) is 1.32. The molecule has 4 aromatic rings. The number of rotatable bonds is 6. The normalized spacial score (nSPS) is 10.9. The zero-order valence-corrected chi connectivity index (χ0v) is 17.7. The summed E-state index contributed by atoms with van der Waals surface area (Å²) >= 11 is 1.36. The van der Waals surface area contributed by atoms with Gasteiger partial charge < -0.3 is 15.2 Å². The van der Waals surface area contributed by atoms with Crippen molar-refractivity contribution in [2.45, 2.75) is 13.3 Å². The van der Waals surface area contributed by atoms with Crippen molar-refractivity contribution in [2.24, 2.45) is 0 Å². The Morgan fingerprint density at radius 1 is 1.07 bits per heavy atom. The van der Waals surface area contributed by atoms with Crippen molar-refractivity contribution in [1.82, 2.24) is 9.97 Å². The van der Waals surface area contributed by atoms with Crippen molar-refractivity contribution in [3.63, 3.8) is 0 Å². The Morgan fingerprint density at radius 2 is 1.80 bits per heavy atom. The molecule has 0 radical (unpaired) electrons. The molecule has 0 aliphatic heterocycles. The van der Waals surface area contributed by atoms with Crippen LogP contribution in [0, 0.1) is 6.92 Å².